The largest absolute Gasteiger partial charge is 0.146 e. The Morgan fingerprint density at radius 1 is 1.00 bits per heavy atom. The van der Waals surface area contributed by atoms with Crippen molar-refractivity contribution in [2.75, 3.05) is 0 Å². The average Bonchev–Trinajstić information content (AvgIpc) is 2.64. The third-order valence-electron chi connectivity index (χ3n) is 2.05. The van der Waals surface area contributed by atoms with Gasteiger partial charge in [-0.3, -0.25) is 0 Å². The first-order chi connectivity index (χ1) is 7.20. The van der Waals surface area contributed by atoms with Crippen LogP contribution in [0.3, 0.4) is 0 Å². The number of rotatable bonds is 2. The van der Waals surface area contributed by atoms with Crippen LogP contribution in [-0.2, 0) is 0 Å². The third-order valence-corrected chi connectivity index (χ3v) is 5.97. The Labute approximate surface area is 118 Å². The smallest absolute Gasteiger partial charge is 0.0760 e. The van der Waals surface area contributed by atoms with Gasteiger partial charge in [0.15, 0.2) is 0 Å². The molecule has 1 aromatic carbocycles. The predicted molar refractivity (Wildman–Crippen MR) is 76.9 cm³/mol. The number of hydrogen-bond donors (Lipinski definition) is 0. The summed E-state index contributed by atoms with van der Waals surface area (Å²) >= 11 is 12.6. The zero-order chi connectivity index (χ0) is 10.8. The van der Waals surface area contributed by atoms with Crippen LogP contribution < -0.4 is 0 Å². The van der Waals surface area contributed by atoms with Crippen LogP contribution in [0.4, 0.5) is 0 Å². The molecule has 15 heavy (non-hydrogen) atoms. The van der Waals surface area contributed by atoms with Gasteiger partial charge in [0, 0.05) is 13.8 Å². The summed E-state index contributed by atoms with van der Waals surface area (Å²) in [7, 11) is 0. The third kappa shape index (κ3) is 2.54. The maximum Gasteiger partial charge on any atom is 0.0760 e. The second kappa shape index (κ2) is 5.13. The van der Waals surface area contributed by atoms with Crippen molar-refractivity contribution in [3.8, 4) is 0 Å². The lowest BCUT2D eigenvalue weighted by Crippen LogP contribution is -1.91. The van der Waals surface area contributed by atoms with E-state index in [9.17, 15) is 0 Å². The van der Waals surface area contributed by atoms with Crippen molar-refractivity contribution in [2.24, 2.45) is 0 Å². The van der Waals surface area contributed by atoms with Crippen molar-refractivity contribution in [3.05, 3.63) is 55.1 Å². The van der Waals surface area contributed by atoms with Crippen molar-refractivity contribution >= 4 is 59.1 Å². The maximum atomic E-state index is 3.73. The molecule has 0 nitrogen and oxygen atoms in total. The normalized spacial score (nSPS) is 12.7. The van der Waals surface area contributed by atoms with Gasteiger partial charge in [-0.05, 0) is 39.0 Å². The van der Waals surface area contributed by atoms with Gasteiger partial charge in [-0.25, -0.2) is 0 Å². The molecule has 0 aliphatic heterocycles. The Bertz CT molecular complexity index is 464. The van der Waals surface area contributed by atoms with E-state index in [2.05, 4.69) is 77.4 Å². The molecular formula is C11H7Br3S. The second-order valence-corrected chi connectivity index (χ2v) is 6.59. The van der Waals surface area contributed by atoms with Crippen LogP contribution in [0.15, 0.2) is 44.7 Å². The molecule has 78 valence electrons. The Morgan fingerprint density at radius 3 is 2.33 bits per heavy atom. The summed E-state index contributed by atoms with van der Waals surface area (Å²) in [6, 6.07) is 10.3. The van der Waals surface area contributed by atoms with Crippen LogP contribution in [0.5, 0.6) is 0 Å². The lowest BCUT2D eigenvalue weighted by molar-refractivity contribution is 1.20. The maximum absolute atomic E-state index is 3.73. The van der Waals surface area contributed by atoms with Gasteiger partial charge in [0.1, 0.15) is 0 Å². The van der Waals surface area contributed by atoms with Crippen molar-refractivity contribution in [1.82, 2.24) is 0 Å². The van der Waals surface area contributed by atoms with E-state index in [0.29, 0.717) is 0 Å². The molecule has 1 aromatic heterocycles. The first-order valence-electron chi connectivity index (χ1n) is 4.31. The lowest BCUT2D eigenvalue weighted by atomic mass is 10.1. The minimum Gasteiger partial charge on any atom is -0.146 e. The first kappa shape index (κ1) is 11.8. The molecule has 1 heterocycles. The molecule has 2 aromatic rings. The van der Waals surface area contributed by atoms with Crippen molar-refractivity contribution in [2.45, 2.75) is 4.83 Å². The molecule has 0 saturated carbocycles. The van der Waals surface area contributed by atoms with Gasteiger partial charge in [0.2, 0.25) is 0 Å². The molecular weight excluding hydrogens is 404 g/mol. The van der Waals surface area contributed by atoms with Gasteiger partial charge in [-0.15, -0.1) is 11.3 Å². The fourth-order valence-corrected chi connectivity index (χ4v) is 5.00. The summed E-state index contributed by atoms with van der Waals surface area (Å²) in [6.07, 6.45) is 0. The van der Waals surface area contributed by atoms with Crippen LogP contribution in [0, 0.1) is 0 Å². The monoisotopic (exact) mass is 408 g/mol. The molecule has 1 atom stereocenters. The molecule has 0 aliphatic carbocycles. The Balaban J connectivity index is 2.41. The van der Waals surface area contributed by atoms with E-state index in [4.69, 9.17) is 0 Å². The predicted octanol–water partition coefficient (Wildman–Crippen LogP) is 5.76. The fourth-order valence-electron chi connectivity index (χ4n) is 1.31. The minimum absolute atomic E-state index is 0.238. The molecule has 0 bridgehead atoms. The molecule has 0 spiro atoms. The highest BCUT2D eigenvalue weighted by Gasteiger charge is 2.16. The Hall–Kier alpha value is 0.360. The second-order valence-electron chi connectivity index (χ2n) is 3.02. The number of benzene rings is 1. The number of thiophene rings is 1. The van der Waals surface area contributed by atoms with E-state index in [0.717, 1.165) is 8.95 Å². The van der Waals surface area contributed by atoms with Crippen molar-refractivity contribution in [3.63, 3.8) is 0 Å². The summed E-state index contributed by atoms with van der Waals surface area (Å²) < 4.78 is 2.29. The van der Waals surface area contributed by atoms with E-state index in [1.54, 1.807) is 11.3 Å². The lowest BCUT2D eigenvalue weighted by Gasteiger charge is -2.10. The molecule has 0 fully saturated rings. The molecule has 0 radical (unpaired) electrons. The number of halogens is 3. The summed E-state index contributed by atoms with van der Waals surface area (Å²) in [5, 5.41) is 2.09. The summed E-state index contributed by atoms with van der Waals surface area (Å²) in [4.78, 5) is 1.53. The standard InChI is InChI=1S/C11H7Br3S/c12-8-4-2-1-3-7(8)10(14)11-9(13)5-6-15-11/h1-6,10H. The molecule has 0 amide bonds. The van der Waals surface area contributed by atoms with Crippen LogP contribution >= 0.6 is 59.1 Å². The molecule has 0 saturated heterocycles. The summed E-state index contributed by atoms with van der Waals surface area (Å²) in [6.45, 7) is 0. The van der Waals surface area contributed by atoms with E-state index in [-0.39, 0.29) is 4.83 Å². The van der Waals surface area contributed by atoms with Crippen LogP contribution in [-0.4, -0.2) is 0 Å². The summed E-state index contributed by atoms with van der Waals surface area (Å²) in [5.74, 6) is 0. The van der Waals surface area contributed by atoms with Gasteiger partial charge >= 0.3 is 0 Å². The highest BCUT2D eigenvalue weighted by Crippen LogP contribution is 2.41. The SMILES string of the molecule is Brc1ccccc1C(Br)c1sccc1Br. The Morgan fingerprint density at radius 2 is 1.73 bits per heavy atom. The number of alkyl halides is 1. The summed E-state index contributed by atoms with van der Waals surface area (Å²) in [5.41, 5.74) is 1.25. The first-order valence-corrected chi connectivity index (χ1v) is 7.69. The average molecular weight is 411 g/mol. The topological polar surface area (TPSA) is 0 Å². The molecule has 4 heteroatoms. The van der Waals surface area contributed by atoms with E-state index < -0.39 is 0 Å². The van der Waals surface area contributed by atoms with Gasteiger partial charge in [0.05, 0.1) is 4.83 Å². The van der Waals surface area contributed by atoms with Crippen LogP contribution in [0.25, 0.3) is 0 Å². The quantitative estimate of drug-likeness (QED) is 0.552. The zero-order valence-corrected chi connectivity index (χ0v) is 13.2. The van der Waals surface area contributed by atoms with Crippen LogP contribution in [0.2, 0.25) is 0 Å². The molecule has 0 N–H and O–H groups in total. The van der Waals surface area contributed by atoms with Crippen molar-refractivity contribution < 1.29 is 0 Å². The van der Waals surface area contributed by atoms with E-state index in [1.165, 1.54) is 10.4 Å². The van der Waals surface area contributed by atoms with Crippen molar-refractivity contribution in [1.29, 1.82) is 0 Å². The van der Waals surface area contributed by atoms with Crippen LogP contribution in [0.1, 0.15) is 15.3 Å². The highest BCUT2D eigenvalue weighted by atomic mass is 79.9. The highest BCUT2D eigenvalue weighted by molar-refractivity contribution is 9.11. The Kier molecular flexibility index (Phi) is 4.04. The molecule has 1 unspecified atom stereocenters. The van der Waals surface area contributed by atoms with Gasteiger partial charge in [0.25, 0.3) is 0 Å². The van der Waals surface area contributed by atoms with E-state index in [1.807, 2.05) is 6.07 Å². The molecule has 2 rings (SSSR count). The zero-order valence-electron chi connectivity index (χ0n) is 7.58. The van der Waals surface area contributed by atoms with Gasteiger partial charge in [-0.1, -0.05) is 50.1 Å². The molecule has 0 aliphatic rings. The van der Waals surface area contributed by atoms with Gasteiger partial charge in [-0.2, -0.15) is 0 Å². The van der Waals surface area contributed by atoms with Gasteiger partial charge < -0.3 is 0 Å². The van der Waals surface area contributed by atoms with E-state index >= 15 is 0 Å². The minimum atomic E-state index is 0.238. The number of hydrogen-bond acceptors (Lipinski definition) is 1. The fraction of sp³-hybridized carbons (Fsp3) is 0.0909.